The van der Waals surface area contributed by atoms with Crippen molar-refractivity contribution < 1.29 is 13.9 Å². The Morgan fingerprint density at radius 2 is 2.38 bits per heavy atom. The zero-order valence-electron chi connectivity index (χ0n) is 12.7. The average Bonchev–Trinajstić information content (AvgIpc) is 3.22. The highest BCUT2D eigenvalue weighted by Gasteiger charge is 2.27. The summed E-state index contributed by atoms with van der Waals surface area (Å²) < 4.78 is 27.5. The summed E-state index contributed by atoms with van der Waals surface area (Å²) in [5.41, 5.74) is 1.98. The monoisotopic (exact) mass is 393 g/mol. The van der Waals surface area contributed by atoms with Crippen LogP contribution in [0.4, 0.5) is 10.3 Å². The predicted octanol–water partition coefficient (Wildman–Crippen LogP) is 2.55. The van der Waals surface area contributed by atoms with Gasteiger partial charge in [0.1, 0.15) is 17.9 Å². The smallest absolute Gasteiger partial charge is 0.210 e. The third-order valence-corrected chi connectivity index (χ3v) is 4.50. The maximum atomic E-state index is 14.3. The summed E-state index contributed by atoms with van der Waals surface area (Å²) in [5, 5.41) is 11.0. The lowest BCUT2D eigenvalue weighted by Gasteiger charge is -2.11. The third kappa shape index (κ3) is 2.49. The average molecular weight is 394 g/mol. The fraction of sp³-hybridized carbons (Fsp3) is 0.267. The molecule has 9 heteroatoms. The van der Waals surface area contributed by atoms with Crippen molar-refractivity contribution in [3.05, 3.63) is 46.1 Å². The first-order valence-electron chi connectivity index (χ1n) is 7.25. The highest BCUT2D eigenvalue weighted by molar-refractivity contribution is 9.10. The number of benzene rings is 1. The van der Waals surface area contributed by atoms with Crippen LogP contribution in [0.2, 0.25) is 0 Å². The summed E-state index contributed by atoms with van der Waals surface area (Å²) in [7, 11) is 1.57. The highest BCUT2D eigenvalue weighted by atomic mass is 79.9. The summed E-state index contributed by atoms with van der Waals surface area (Å²) in [6.07, 6.45) is 3.31. The Balaban J connectivity index is 1.64. The van der Waals surface area contributed by atoms with Crippen LogP contribution in [0.5, 0.6) is 5.75 Å². The number of nitrogens with one attached hydrogen (secondary N) is 1. The van der Waals surface area contributed by atoms with Crippen LogP contribution in [-0.2, 0) is 17.7 Å². The number of rotatable bonds is 4. The number of fused-ring (bicyclic) bond motifs is 2. The maximum absolute atomic E-state index is 14.3. The molecule has 0 radical (unpaired) electrons. The van der Waals surface area contributed by atoms with E-state index in [4.69, 9.17) is 9.47 Å². The molecule has 1 unspecified atom stereocenters. The van der Waals surface area contributed by atoms with Crippen LogP contribution >= 0.6 is 15.9 Å². The van der Waals surface area contributed by atoms with Gasteiger partial charge in [-0.25, -0.2) is 9.37 Å². The van der Waals surface area contributed by atoms with Gasteiger partial charge in [-0.1, -0.05) is 0 Å². The van der Waals surface area contributed by atoms with Gasteiger partial charge in [0.15, 0.2) is 5.65 Å². The van der Waals surface area contributed by atoms with Gasteiger partial charge in [0, 0.05) is 37.4 Å². The molecule has 0 bridgehead atoms. The number of methoxy groups -OCH3 is 1. The SMILES string of the molecule is COC1Cc2c(ccc(F)c2CNc2ncc(Br)c3nncn23)O1. The first-order valence-corrected chi connectivity index (χ1v) is 8.04. The molecule has 2 aromatic heterocycles. The Morgan fingerprint density at radius 1 is 1.50 bits per heavy atom. The summed E-state index contributed by atoms with van der Waals surface area (Å²) in [5.74, 6) is 0.884. The number of anilines is 1. The number of ether oxygens (including phenoxy) is 2. The largest absolute Gasteiger partial charge is 0.464 e. The molecule has 3 aromatic rings. The van der Waals surface area contributed by atoms with Crippen molar-refractivity contribution in [2.24, 2.45) is 0 Å². The lowest BCUT2D eigenvalue weighted by atomic mass is 10.0. The molecule has 24 heavy (non-hydrogen) atoms. The lowest BCUT2D eigenvalue weighted by molar-refractivity contribution is -0.0367. The molecule has 0 saturated heterocycles. The number of hydrogen-bond donors (Lipinski definition) is 1. The predicted molar refractivity (Wildman–Crippen MR) is 87.3 cm³/mol. The van der Waals surface area contributed by atoms with Crippen molar-refractivity contribution in [3.8, 4) is 5.75 Å². The van der Waals surface area contributed by atoms with Gasteiger partial charge >= 0.3 is 0 Å². The fourth-order valence-corrected chi connectivity index (χ4v) is 3.11. The van der Waals surface area contributed by atoms with Gasteiger partial charge in [-0.3, -0.25) is 4.40 Å². The normalized spacial score (nSPS) is 16.2. The van der Waals surface area contributed by atoms with Gasteiger partial charge in [0.25, 0.3) is 0 Å². The Labute approximate surface area is 144 Å². The Bertz CT molecular complexity index is 916. The van der Waals surface area contributed by atoms with Gasteiger partial charge < -0.3 is 14.8 Å². The molecule has 1 atom stereocenters. The van der Waals surface area contributed by atoms with Crippen LogP contribution < -0.4 is 10.1 Å². The van der Waals surface area contributed by atoms with E-state index in [0.29, 0.717) is 29.3 Å². The molecule has 3 heterocycles. The molecule has 1 aromatic carbocycles. The number of halogens is 2. The standard InChI is InChI=1S/C15H13BrFN5O2/c1-23-13-4-8-9(11(17)2-3-12(8)24-13)5-18-15-19-6-10(16)14-21-20-7-22(14)15/h2-3,6-7,13H,4-5H2,1H3,(H,18,19). The van der Waals surface area contributed by atoms with Gasteiger partial charge in [-0.2, -0.15) is 0 Å². The molecule has 0 spiro atoms. The zero-order valence-corrected chi connectivity index (χ0v) is 14.2. The summed E-state index contributed by atoms with van der Waals surface area (Å²) >= 11 is 3.37. The van der Waals surface area contributed by atoms with Crippen LogP contribution in [0, 0.1) is 5.82 Å². The minimum atomic E-state index is -0.379. The molecule has 1 N–H and O–H groups in total. The first-order chi connectivity index (χ1) is 11.7. The second-order valence-electron chi connectivity index (χ2n) is 5.30. The van der Waals surface area contributed by atoms with E-state index in [9.17, 15) is 4.39 Å². The molecule has 0 fully saturated rings. The Hall–Kier alpha value is -2.26. The van der Waals surface area contributed by atoms with Gasteiger partial charge in [-0.05, 0) is 28.1 Å². The maximum Gasteiger partial charge on any atom is 0.210 e. The van der Waals surface area contributed by atoms with Crippen LogP contribution in [0.25, 0.3) is 5.65 Å². The first kappa shape index (κ1) is 15.3. The molecule has 0 saturated carbocycles. The molecule has 1 aliphatic rings. The van der Waals surface area contributed by atoms with E-state index in [1.165, 1.54) is 6.07 Å². The Morgan fingerprint density at radius 3 is 3.21 bits per heavy atom. The second-order valence-corrected chi connectivity index (χ2v) is 6.15. The van der Waals surface area contributed by atoms with Crippen molar-refractivity contribution in [1.29, 1.82) is 0 Å². The van der Waals surface area contributed by atoms with E-state index in [1.807, 2.05) is 0 Å². The fourth-order valence-electron chi connectivity index (χ4n) is 2.74. The van der Waals surface area contributed by atoms with E-state index < -0.39 is 0 Å². The molecule has 7 nitrogen and oxygen atoms in total. The van der Waals surface area contributed by atoms with Crippen LogP contribution in [0.15, 0.2) is 29.1 Å². The zero-order chi connectivity index (χ0) is 16.7. The van der Waals surface area contributed by atoms with E-state index in [1.54, 1.807) is 30.1 Å². The molecule has 124 valence electrons. The minimum Gasteiger partial charge on any atom is -0.464 e. The topological polar surface area (TPSA) is 73.6 Å². The number of aromatic nitrogens is 4. The van der Waals surface area contributed by atoms with Crippen molar-refractivity contribution in [2.75, 3.05) is 12.4 Å². The summed E-state index contributed by atoms with van der Waals surface area (Å²) in [4.78, 5) is 4.29. The summed E-state index contributed by atoms with van der Waals surface area (Å²) in [6, 6.07) is 3.03. The molecule has 0 aliphatic carbocycles. The molecular formula is C15H13BrFN5O2. The van der Waals surface area contributed by atoms with Gasteiger partial charge in [0.2, 0.25) is 12.2 Å². The van der Waals surface area contributed by atoms with Crippen molar-refractivity contribution in [2.45, 2.75) is 19.3 Å². The van der Waals surface area contributed by atoms with E-state index in [2.05, 4.69) is 36.4 Å². The lowest BCUT2D eigenvalue weighted by Crippen LogP contribution is -2.15. The van der Waals surface area contributed by atoms with E-state index in [-0.39, 0.29) is 18.7 Å². The van der Waals surface area contributed by atoms with E-state index >= 15 is 0 Å². The quantitative estimate of drug-likeness (QED) is 0.734. The molecule has 0 amide bonds. The third-order valence-electron chi connectivity index (χ3n) is 3.94. The highest BCUT2D eigenvalue weighted by Crippen LogP contribution is 2.33. The van der Waals surface area contributed by atoms with Gasteiger partial charge in [-0.15, -0.1) is 10.2 Å². The van der Waals surface area contributed by atoms with Crippen molar-refractivity contribution in [3.63, 3.8) is 0 Å². The Kier molecular flexibility index (Phi) is 3.81. The van der Waals surface area contributed by atoms with Crippen LogP contribution in [-0.4, -0.2) is 33.0 Å². The van der Waals surface area contributed by atoms with Crippen LogP contribution in [0.3, 0.4) is 0 Å². The number of nitrogens with zero attached hydrogens (tertiary/aromatic N) is 4. The second kappa shape index (κ2) is 5.99. The summed E-state index contributed by atoms with van der Waals surface area (Å²) in [6.45, 7) is 0.261. The molecular weight excluding hydrogens is 381 g/mol. The minimum absolute atomic E-state index is 0.261. The number of hydrogen-bond acceptors (Lipinski definition) is 6. The van der Waals surface area contributed by atoms with Gasteiger partial charge in [0.05, 0.1) is 4.47 Å². The van der Waals surface area contributed by atoms with Crippen LogP contribution in [0.1, 0.15) is 11.1 Å². The molecule has 1 aliphatic heterocycles. The van der Waals surface area contributed by atoms with Crippen molar-refractivity contribution in [1.82, 2.24) is 19.6 Å². The molecule has 4 rings (SSSR count). The van der Waals surface area contributed by atoms with Crippen molar-refractivity contribution >= 4 is 27.5 Å². The van der Waals surface area contributed by atoms with E-state index in [0.717, 1.165) is 10.0 Å².